The number of amides is 1. The van der Waals surface area contributed by atoms with Gasteiger partial charge in [0, 0.05) is 25.5 Å². The number of aromatic nitrogens is 1. The average molecular weight is 362 g/mol. The number of carbonyl (C=O) groups is 2. The highest BCUT2D eigenvalue weighted by molar-refractivity contribution is 6.08. The van der Waals surface area contributed by atoms with Crippen LogP contribution in [0.3, 0.4) is 0 Å². The fourth-order valence-electron chi connectivity index (χ4n) is 4.01. The first-order valence-electron chi connectivity index (χ1n) is 9.24. The first kappa shape index (κ1) is 17.3. The van der Waals surface area contributed by atoms with Gasteiger partial charge in [-0.05, 0) is 36.5 Å². The summed E-state index contributed by atoms with van der Waals surface area (Å²) in [6, 6.07) is 15.2. The molecule has 0 unspecified atom stereocenters. The first-order chi connectivity index (χ1) is 13.1. The molecule has 1 aliphatic heterocycles. The quantitative estimate of drug-likeness (QED) is 0.771. The predicted octanol–water partition coefficient (Wildman–Crippen LogP) is 3.80. The largest absolute Gasteiger partial charge is 0.478 e. The third kappa shape index (κ3) is 2.99. The summed E-state index contributed by atoms with van der Waals surface area (Å²) in [6.45, 7) is 1.19. The lowest BCUT2D eigenvalue weighted by atomic mass is 10.0. The van der Waals surface area contributed by atoms with Crippen molar-refractivity contribution in [2.45, 2.75) is 25.8 Å². The van der Waals surface area contributed by atoms with Crippen molar-refractivity contribution in [3.05, 3.63) is 70.9 Å². The number of hydrogen-bond donors (Lipinski definition) is 1. The fraction of sp³-hybridized carbons (Fsp3) is 0.273. The Morgan fingerprint density at radius 1 is 1.07 bits per heavy atom. The first-order valence-corrected chi connectivity index (χ1v) is 9.24. The number of aromatic carboxylic acids is 1. The SMILES string of the molecule is CN1CCCCc2c(n(Cc3ccccc3)c3c(C(=O)O)cccc23)C1=O. The van der Waals surface area contributed by atoms with Crippen molar-refractivity contribution in [1.82, 2.24) is 9.47 Å². The molecule has 3 aromatic rings. The van der Waals surface area contributed by atoms with Crippen molar-refractivity contribution < 1.29 is 14.7 Å². The van der Waals surface area contributed by atoms with Crippen LogP contribution in [0.25, 0.3) is 10.9 Å². The zero-order valence-corrected chi connectivity index (χ0v) is 15.3. The van der Waals surface area contributed by atoms with Crippen molar-refractivity contribution in [1.29, 1.82) is 0 Å². The molecular weight excluding hydrogens is 340 g/mol. The molecule has 27 heavy (non-hydrogen) atoms. The third-order valence-electron chi connectivity index (χ3n) is 5.32. The van der Waals surface area contributed by atoms with Crippen LogP contribution < -0.4 is 0 Å². The Kier molecular flexibility index (Phi) is 4.44. The minimum absolute atomic E-state index is 0.0341. The summed E-state index contributed by atoms with van der Waals surface area (Å²) in [4.78, 5) is 26.9. The highest BCUT2D eigenvalue weighted by Gasteiger charge is 2.28. The van der Waals surface area contributed by atoms with Gasteiger partial charge in [-0.15, -0.1) is 0 Å². The lowest BCUT2D eigenvalue weighted by Crippen LogP contribution is -2.32. The number of fused-ring (bicyclic) bond motifs is 3. The van der Waals surface area contributed by atoms with E-state index in [4.69, 9.17) is 0 Å². The molecule has 0 aliphatic carbocycles. The summed E-state index contributed by atoms with van der Waals surface area (Å²) in [7, 11) is 1.82. The molecule has 2 heterocycles. The van der Waals surface area contributed by atoms with E-state index in [2.05, 4.69) is 0 Å². The van der Waals surface area contributed by atoms with Crippen LogP contribution in [-0.2, 0) is 13.0 Å². The lowest BCUT2D eigenvalue weighted by Gasteiger charge is -2.22. The standard InChI is InChI=1S/C22H22N2O3/c1-23-13-6-5-10-17-16-11-7-12-18(22(26)27)19(16)24(20(17)21(23)25)14-15-8-3-2-4-9-15/h2-4,7-9,11-12H,5-6,10,13-14H2,1H3,(H,26,27). The highest BCUT2D eigenvalue weighted by Crippen LogP contribution is 2.33. The zero-order valence-electron chi connectivity index (χ0n) is 15.3. The van der Waals surface area contributed by atoms with Gasteiger partial charge in [-0.2, -0.15) is 0 Å². The Morgan fingerprint density at radius 2 is 1.85 bits per heavy atom. The number of rotatable bonds is 3. The molecule has 0 atom stereocenters. The Bertz CT molecular complexity index is 1020. The molecule has 1 aliphatic rings. The Balaban J connectivity index is 2.04. The molecular formula is C22H22N2O3. The van der Waals surface area contributed by atoms with Crippen LogP contribution in [0.15, 0.2) is 48.5 Å². The van der Waals surface area contributed by atoms with Gasteiger partial charge < -0.3 is 14.6 Å². The number of para-hydroxylation sites is 1. The van der Waals surface area contributed by atoms with Gasteiger partial charge >= 0.3 is 5.97 Å². The second-order valence-corrected chi connectivity index (χ2v) is 7.09. The van der Waals surface area contributed by atoms with E-state index in [-0.39, 0.29) is 11.5 Å². The third-order valence-corrected chi connectivity index (χ3v) is 5.32. The van der Waals surface area contributed by atoms with Gasteiger partial charge in [-0.3, -0.25) is 4.79 Å². The summed E-state index contributed by atoms with van der Waals surface area (Å²) in [5.41, 5.74) is 3.52. The normalized spacial score (nSPS) is 14.7. The number of benzene rings is 2. The summed E-state index contributed by atoms with van der Waals surface area (Å²) in [5.74, 6) is -1.01. The molecule has 0 bridgehead atoms. The maximum atomic E-state index is 13.2. The van der Waals surface area contributed by atoms with Crippen LogP contribution in [0.5, 0.6) is 0 Å². The van der Waals surface area contributed by atoms with Crippen molar-refractivity contribution in [2.75, 3.05) is 13.6 Å². The smallest absolute Gasteiger partial charge is 0.337 e. The van der Waals surface area contributed by atoms with Crippen LogP contribution in [0.1, 0.15) is 44.8 Å². The van der Waals surface area contributed by atoms with Gasteiger partial charge in [0.1, 0.15) is 5.69 Å². The minimum atomic E-state index is -0.971. The molecule has 0 saturated heterocycles. The molecule has 4 rings (SSSR count). The molecule has 0 saturated carbocycles. The molecule has 0 fully saturated rings. The van der Waals surface area contributed by atoms with Gasteiger partial charge in [-0.1, -0.05) is 42.5 Å². The van der Waals surface area contributed by atoms with Gasteiger partial charge in [0.25, 0.3) is 5.91 Å². The lowest BCUT2D eigenvalue weighted by molar-refractivity contribution is 0.0696. The van der Waals surface area contributed by atoms with Crippen molar-refractivity contribution >= 4 is 22.8 Å². The van der Waals surface area contributed by atoms with E-state index in [1.54, 1.807) is 17.0 Å². The number of carboxylic acid groups (broad SMARTS) is 1. The Hall–Kier alpha value is -3.08. The van der Waals surface area contributed by atoms with E-state index in [9.17, 15) is 14.7 Å². The van der Waals surface area contributed by atoms with Crippen molar-refractivity contribution in [3.63, 3.8) is 0 Å². The van der Waals surface area contributed by atoms with Crippen molar-refractivity contribution in [2.24, 2.45) is 0 Å². The number of aryl methyl sites for hydroxylation is 1. The van der Waals surface area contributed by atoms with E-state index >= 15 is 0 Å². The molecule has 1 N–H and O–H groups in total. The van der Waals surface area contributed by atoms with Gasteiger partial charge in [0.05, 0.1) is 11.1 Å². The number of carboxylic acids is 1. The maximum Gasteiger partial charge on any atom is 0.337 e. The molecule has 1 amide bonds. The zero-order chi connectivity index (χ0) is 19.0. The molecule has 5 heteroatoms. The van der Waals surface area contributed by atoms with Crippen LogP contribution in [0.4, 0.5) is 0 Å². The van der Waals surface area contributed by atoms with Crippen molar-refractivity contribution in [3.8, 4) is 0 Å². The second-order valence-electron chi connectivity index (χ2n) is 7.09. The molecule has 0 radical (unpaired) electrons. The topological polar surface area (TPSA) is 62.5 Å². The fourth-order valence-corrected chi connectivity index (χ4v) is 4.01. The highest BCUT2D eigenvalue weighted by atomic mass is 16.4. The second kappa shape index (κ2) is 6.91. The molecule has 0 spiro atoms. The molecule has 138 valence electrons. The average Bonchev–Trinajstić information content (AvgIpc) is 2.97. The Morgan fingerprint density at radius 3 is 2.59 bits per heavy atom. The van der Waals surface area contributed by atoms with E-state index in [0.717, 1.165) is 42.3 Å². The molecule has 1 aromatic heterocycles. The summed E-state index contributed by atoms with van der Waals surface area (Å²) in [5, 5.41) is 10.6. The monoisotopic (exact) mass is 362 g/mol. The van der Waals surface area contributed by atoms with E-state index in [1.807, 2.05) is 48.0 Å². The molecule has 2 aromatic carbocycles. The minimum Gasteiger partial charge on any atom is -0.478 e. The number of hydrogen-bond acceptors (Lipinski definition) is 2. The number of carbonyl (C=O) groups excluding carboxylic acids is 1. The predicted molar refractivity (Wildman–Crippen MR) is 104 cm³/mol. The summed E-state index contributed by atoms with van der Waals surface area (Å²) >= 11 is 0. The maximum absolute atomic E-state index is 13.2. The van der Waals surface area contributed by atoms with E-state index < -0.39 is 5.97 Å². The van der Waals surface area contributed by atoms with Crippen LogP contribution in [0, 0.1) is 0 Å². The van der Waals surface area contributed by atoms with Gasteiger partial charge in [0.2, 0.25) is 0 Å². The van der Waals surface area contributed by atoms with Crippen LogP contribution >= 0.6 is 0 Å². The Labute approximate surface area is 157 Å². The molecule has 5 nitrogen and oxygen atoms in total. The van der Waals surface area contributed by atoms with Gasteiger partial charge in [0.15, 0.2) is 0 Å². The number of nitrogens with zero attached hydrogens (tertiary/aromatic N) is 2. The summed E-state index contributed by atoms with van der Waals surface area (Å²) < 4.78 is 1.91. The van der Waals surface area contributed by atoms with Crippen LogP contribution in [-0.4, -0.2) is 40.0 Å². The summed E-state index contributed by atoms with van der Waals surface area (Å²) in [6.07, 6.45) is 2.72. The van der Waals surface area contributed by atoms with Gasteiger partial charge in [-0.25, -0.2) is 4.79 Å². The van der Waals surface area contributed by atoms with E-state index in [0.29, 0.717) is 17.8 Å². The van der Waals surface area contributed by atoms with E-state index in [1.165, 1.54) is 0 Å². The van der Waals surface area contributed by atoms with Crippen LogP contribution in [0.2, 0.25) is 0 Å².